The average molecular weight is 498 g/mol. The molecule has 1 N–H and O–H groups in total. The average Bonchev–Trinajstić information content (AvgIpc) is 3.30. The minimum Gasteiger partial charge on any atom is -0.493 e. The summed E-state index contributed by atoms with van der Waals surface area (Å²) < 4.78 is 26.2. The van der Waals surface area contributed by atoms with Gasteiger partial charge in [0.25, 0.3) is 0 Å². The number of anilines is 1. The van der Waals surface area contributed by atoms with Gasteiger partial charge >= 0.3 is 5.97 Å². The summed E-state index contributed by atoms with van der Waals surface area (Å²) in [5.41, 5.74) is 2.45. The highest BCUT2D eigenvalue weighted by molar-refractivity contribution is 7.15. The summed E-state index contributed by atoms with van der Waals surface area (Å²) in [6.45, 7) is 2.09. The molecule has 0 radical (unpaired) electrons. The highest BCUT2D eigenvalue weighted by Gasteiger charge is 2.23. The molecule has 0 saturated carbocycles. The minimum atomic E-state index is -0.524. The first-order valence-corrected chi connectivity index (χ1v) is 11.6. The summed E-state index contributed by atoms with van der Waals surface area (Å²) in [7, 11) is 4.64. The van der Waals surface area contributed by atoms with Crippen molar-refractivity contribution in [3.8, 4) is 28.4 Å². The Kier molecular flexibility index (Phi) is 9.28. The van der Waals surface area contributed by atoms with Crippen LogP contribution < -0.4 is 19.5 Å². The summed E-state index contributed by atoms with van der Waals surface area (Å²) in [5.74, 6) is 0.855. The molecule has 1 aromatic heterocycles. The van der Waals surface area contributed by atoms with E-state index in [-0.39, 0.29) is 24.9 Å². The third kappa shape index (κ3) is 6.62. The SMILES string of the molecule is CCOC(=O)c1c(-c2ccc(OC)c(OC)c2)csc1NC(=O)/C=C/c1ccc(OCOC)cc1. The van der Waals surface area contributed by atoms with Crippen LogP contribution in [0.15, 0.2) is 53.9 Å². The van der Waals surface area contributed by atoms with Crippen molar-refractivity contribution in [1.82, 2.24) is 0 Å². The number of amides is 1. The third-order valence-electron chi connectivity index (χ3n) is 4.85. The molecule has 35 heavy (non-hydrogen) atoms. The van der Waals surface area contributed by atoms with Gasteiger partial charge in [-0.05, 0) is 48.4 Å². The molecule has 0 spiro atoms. The van der Waals surface area contributed by atoms with Gasteiger partial charge in [-0.1, -0.05) is 18.2 Å². The Morgan fingerprint density at radius 3 is 2.40 bits per heavy atom. The number of rotatable bonds is 11. The van der Waals surface area contributed by atoms with Gasteiger partial charge in [0.15, 0.2) is 18.3 Å². The molecule has 184 valence electrons. The third-order valence-corrected chi connectivity index (χ3v) is 5.75. The second-order valence-electron chi connectivity index (χ2n) is 7.09. The fraction of sp³-hybridized carbons (Fsp3) is 0.231. The molecule has 2 aromatic carbocycles. The van der Waals surface area contributed by atoms with Gasteiger partial charge in [0.2, 0.25) is 5.91 Å². The number of benzene rings is 2. The maximum Gasteiger partial charge on any atom is 0.341 e. The Morgan fingerprint density at radius 1 is 1.00 bits per heavy atom. The van der Waals surface area contributed by atoms with Crippen molar-refractivity contribution < 1.29 is 33.3 Å². The molecule has 0 bridgehead atoms. The van der Waals surface area contributed by atoms with E-state index < -0.39 is 5.97 Å². The fourth-order valence-electron chi connectivity index (χ4n) is 3.20. The van der Waals surface area contributed by atoms with Crippen LogP contribution in [0.25, 0.3) is 17.2 Å². The molecule has 3 aromatic rings. The van der Waals surface area contributed by atoms with Crippen molar-refractivity contribution in [2.45, 2.75) is 6.92 Å². The Bertz CT molecular complexity index is 1180. The number of hydrogen-bond acceptors (Lipinski definition) is 8. The lowest BCUT2D eigenvalue weighted by Crippen LogP contribution is -2.12. The van der Waals surface area contributed by atoms with Crippen molar-refractivity contribution >= 4 is 34.3 Å². The first-order valence-electron chi connectivity index (χ1n) is 10.7. The van der Waals surface area contributed by atoms with Crippen LogP contribution in [-0.2, 0) is 14.3 Å². The Morgan fingerprint density at radius 2 is 1.74 bits per heavy atom. The molecule has 0 atom stereocenters. The van der Waals surface area contributed by atoms with Crippen LogP contribution in [0.4, 0.5) is 5.00 Å². The first kappa shape index (κ1) is 25.8. The van der Waals surface area contributed by atoms with Crippen molar-refractivity contribution in [1.29, 1.82) is 0 Å². The fourth-order valence-corrected chi connectivity index (χ4v) is 4.16. The predicted octanol–water partition coefficient (Wildman–Crippen LogP) is 5.24. The van der Waals surface area contributed by atoms with Crippen LogP contribution in [0.1, 0.15) is 22.8 Å². The van der Waals surface area contributed by atoms with Crippen molar-refractivity contribution in [2.75, 3.05) is 40.0 Å². The van der Waals surface area contributed by atoms with Crippen molar-refractivity contribution in [3.05, 3.63) is 65.0 Å². The van der Waals surface area contributed by atoms with E-state index >= 15 is 0 Å². The monoisotopic (exact) mass is 497 g/mol. The molecule has 0 aliphatic heterocycles. The van der Waals surface area contributed by atoms with Gasteiger partial charge in [-0.15, -0.1) is 11.3 Å². The topological polar surface area (TPSA) is 92.3 Å². The quantitative estimate of drug-likeness (QED) is 0.220. The van der Waals surface area contributed by atoms with Gasteiger partial charge in [-0.25, -0.2) is 4.79 Å². The maximum absolute atomic E-state index is 12.8. The van der Waals surface area contributed by atoms with Gasteiger partial charge in [-0.2, -0.15) is 0 Å². The highest BCUT2D eigenvalue weighted by Crippen LogP contribution is 2.39. The minimum absolute atomic E-state index is 0.159. The molecule has 0 aliphatic rings. The second-order valence-corrected chi connectivity index (χ2v) is 7.97. The number of hydrogen-bond donors (Lipinski definition) is 1. The molecule has 1 amide bonds. The number of nitrogens with one attached hydrogen (secondary N) is 1. The second kappa shape index (κ2) is 12.6. The van der Waals surface area contributed by atoms with E-state index in [4.69, 9.17) is 23.7 Å². The zero-order valence-electron chi connectivity index (χ0n) is 20.0. The smallest absolute Gasteiger partial charge is 0.341 e. The molecule has 0 unspecified atom stereocenters. The van der Waals surface area contributed by atoms with Crippen LogP contribution in [0.5, 0.6) is 17.2 Å². The normalized spacial score (nSPS) is 10.7. The van der Waals surface area contributed by atoms with Crippen LogP contribution in [0, 0.1) is 0 Å². The van der Waals surface area contributed by atoms with Gasteiger partial charge in [0.1, 0.15) is 16.3 Å². The van der Waals surface area contributed by atoms with E-state index in [0.717, 1.165) is 11.1 Å². The molecule has 8 nitrogen and oxygen atoms in total. The number of ether oxygens (including phenoxy) is 5. The van der Waals surface area contributed by atoms with Gasteiger partial charge in [0, 0.05) is 24.1 Å². The number of carbonyl (C=O) groups is 2. The number of esters is 1. The largest absolute Gasteiger partial charge is 0.493 e. The zero-order chi connectivity index (χ0) is 25.2. The molecule has 0 saturated heterocycles. The first-order chi connectivity index (χ1) is 17.0. The number of carbonyl (C=O) groups excluding carboxylic acids is 2. The Balaban J connectivity index is 1.83. The maximum atomic E-state index is 12.8. The number of methoxy groups -OCH3 is 3. The van der Waals surface area contributed by atoms with E-state index in [1.54, 1.807) is 64.0 Å². The molecule has 0 fully saturated rings. The lowest BCUT2D eigenvalue weighted by Gasteiger charge is -2.11. The standard InChI is InChI=1S/C26H27NO7S/c1-5-33-26(29)24-20(18-9-12-21(31-3)22(14-18)32-4)15-35-25(24)27-23(28)13-8-17-6-10-19(11-7-17)34-16-30-2/h6-15H,5,16H2,1-4H3,(H,27,28)/b13-8+. The molecule has 1 heterocycles. The van der Waals surface area contributed by atoms with Crippen LogP contribution in [0.2, 0.25) is 0 Å². The molecule has 9 heteroatoms. The Labute approximate surface area is 208 Å². The van der Waals surface area contributed by atoms with Crippen molar-refractivity contribution in [3.63, 3.8) is 0 Å². The lowest BCUT2D eigenvalue weighted by atomic mass is 10.0. The summed E-state index contributed by atoms with van der Waals surface area (Å²) in [6, 6.07) is 12.5. The van der Waals surface area contributed by atoms with Gasteiger partial charge in [-0.3, -0.25) is 4.79 Å². The highest BCUT2D eigenvalue weighted by atomic mass is 32.1. The summed E-state index contributed by atoms with van der Waals surface area (Å²) >= 11 is 1.24. The van der Waals surface area contributed by atoms with E-state index in [2.05, 4.69) is 5.32 Å². The molecule has 0 aliphatic carbocycles. The van der Waals surface area contributed by atoms with Crippen molar-refractivity contribution in [2.24, 2.45) is 0 Å². The van der Waals surface area contributed by atoms with E-state index in [1.165, 1.54) is 17.4 Å². The molecular weight excluding hydrogens is 470 g/mol. The van der Waals surface area contributed by atoms with Crippen LogP contribution in [0.3, 0.4) is 0 Å². The molecule has 3 rings (SSSR count). The van der Waals surface area contributed by atoms with Crippen LogP contribution in [-0.4, -0.2) is 46.6 Å². The van der Waals surface area contributed by atoms with Gasteiger partial charge in [0.05, 0.1) is 20.8 Å². The lowest BCUT2D eigenvalue weighted by molar-refractivity contribution is -0.111. The summed E-state index contributed by atoms with van der Waals surface area (Å²) in [4.78, 5) is 25.4. The number of thiophene rings is 1. The molecular formula is C26H27NO7S. The Hall–Kier alpha value is -3.82. The van der Waals surface area contributed by atoms with E-state index in [1.807, 2.05) is 18.2 Å². The van der Waals surface area contributed by atoms with E-state index in [0.29, 0.717) is 27.8 Å². The zero-order valence-corrected chi connectivity index (χ0v) is 20.8. The summed E-state index contributed by atoms with van der Waals surface area (Å²) in [5, 5.41) is 4.99. The van der Waals surface area contributed by atoms with Crippen LogP contribution >= 0.6 is 11.3 Å². The van der Waals surface area contributed by atoms with Gasteiger partial charge < -0.3 is 29.0 Å². The van der Waals surface area contributed by atoms with E-state index in [9.17, 15) is 9.59 Å². The summed E-state index contributed by atoms with van der Waals surface area (Å²) in [6.07, 6.45) is 3.07. The predicted molar refractivity (Wildman–Crippen MR) is 135 cm³/mol.